The molecule has 6 rings (SSSR count). The molecule has 0 fully saturated rings. The van der Waals surface area contributed by atoms with Gasteiger partial charge in [-0.1, -0.05) is 107 Å². The van der Waals surface area contributed by atoms with E-state index < -0.39 is 0 Å². The molecule has 2 heterocycles. The lowest BCUT2D eigenvalue weighted by Crippen LogP contribution is -2.34. The molecule has 6 heteroatoms. The SMILES string of the molecule is CC[n+]1ccccc1/C=C/c1ccc(N(CCSSCCN(Cc2ccccc2)c2ccc(/C=C/c3cccc[n+]3CC)cc2)Cc2ccccc2)cc1. The molecular formula is C48H52N4S2+2. The van der Waals surface area contributed by atoms with Crippen molar-refractivity contribution in [1.82, 2.24) is 0 Å². The van der Waals surface area contributed by atoms with Gasteiger partial charge in [0.2, 0.25) is 11.4 Å². The van der Waals surface area contributed by atoms with Gasteiger partial charge in [-0.25, -0.2) is 0 Å². The van der Waals surface area contributed by atoms with Gasteiger partial charge in [0.05, 0.1) is 0 Å². The smallest absolute Gasteiger partial charge is 0.205 e. The number of aromatic nitrogens is 2. The molecule has 0 radical (unpaired) electrons. The van der Waals surface area contributed by atoms with E-state index in [1.165, 1.54) is 45.0 Å². The van der Waals surface area contributed by atoms with Crippen LogP contribution in [0, 0.1) is 0 Å². The highest BCUT2D eigenvalue weighted by molar-refractivity contribution is 8.76. The van der Waals surface area contributed by atoms with E-state index in [-0.39, 0.29) is 0 Å². The molecule has 6 aromatic rings. The molecule has 0 aliphatic carbocycles. The lowest BCUT2D eigenvalue weighted by Gasteiger charge is -2.26. The second kappa shape index (κ2) is 21.0. The van der Waals surface area contributed by atoms with Crippen LogP contribution >= 0.6 is 21.6 Å². The molecule has 0 bridgehead atoms. The highest BCUT2D eigenvalue weighted by atomic mass is 33.1. The molecule has 0 unspecified atom stereocenters. The van der Waals surface area contributed by atoms with Gasteiger partial charge in [0, 0.05) is 85.5 Å². The van der Waals surface area contributed by atoms with Gasteiger partial charge in [0.15, 0.2) is 12.4 Å². The molecule has 0 amide bonds. The quantitative estimate of drug-likeness (QED) is 0.0465. The molecule has 0 saturated heterocycles. The third kappa shape index (κ3) is 11.7. The number of benzene rings is 4. The molecule has 0 N–H and O–H groups in total. The van der Waals surface area contributed by atoms with Gasteiger partial charge >= 0.3 is 0 Å². The second-order valence-electron chi connectivity index (χ2n) is 13.1. The minimum Gasteiger partial charge on any atom is -0.366 e. The van der Waals surface area contributed by atoms with E-state index >= 15 is 0 Å². The van der Waals surface area contributed by atoms with E-state index in [0.717, 1.165) is 50.8 Å². The van der Waals surface area contributed by atoms with Crippen molar-refractivity contribution < 1.29 is 9.13 Å². The average Bonchev–Trinajstić information content (AvgIpc) is 3.24. The summed E-state index contributed by atoms with van der Waals surface area (Å²) >= 11 is 0. The average molecular weight is 749 g/mol. The number of rotatable bonds is 19. The van der Waals surface area contributed by atoms with E-state index in [1.54, 1.807) is 0 Å². The van der Waals surface area contributed by atoms with Crippen molar-refractivity contribution in [3.8, 4) is 0 Å². The lowest BCUT2D eigenvalue weighted by molar-refractivity contribution is -0.695. The van der Waals surface area contributed by atoms with Crippen molar-refractivity contribution >= 4 is 57.3 Å². The Balaban J connectivity index is 1.05. The van der Waals surface area contributed by atoms with Gasteiger partial charge in [0.1, 0.15) is 13.1 Å². The summed E-state index contributed by atoms with van der Waals surface area (Å²) < 4.78 is 4.51. The van der Waals surface area contributed by atoms with Crippen LogP contribution in [0.4, 0.5) is 11.4 Å². The fourth-order valence-electron chi connectivity index (χ4n) is 6.43. The molecule has 0 atom stereocenters. The molecule has 0 aliphatic rings. The number of anilines is 2. The highest BCUT2D eigenvalue weighted by Crippen LogP contribution is 2.26. The van der Waals surface area contributed by atoms with Gasteiger partial charge < -0.3 is 9.80 Å². The van der Waals surface area contributed by atoms with Crippen molar-refractivity contribution in [1.29, 1.82) is 0 Å². The fourth-order valence-corrected chi connectivity index (χ4v) is 8.41. The standard InChI is InChI=1S/C48H52N4S2/c1-3-49-33-13-11-19-45(49)27-21-41-23-29-47(30-24-41)51(39-43-15-7-5-8-16-43)35-37-53-54-38-36-52(40-44-17-9-6-10-18-44)48-31-25-42(26-32-48)22-28-46-20-12-14-34-50(46)4-2/h5-34H,3-4,35-40H2,1-2H3/q+2. The Hall–Kier alpha value is -5.04. The third-order valence-corrected chi connectivity index (χ3v) is 11.8. The number of nitrogens with zero attached hydrogens (tertiary/aromatic N) is 4. The third-order valence-electron chi connectivity index (χ3n) is 9.45. The monoisotopic (exact) mass is 748 g/mol. The molecule has 54 heavy (non-hydrogen) atoms. The van der Waals surface area contributed by atoms with Crippen LogP contribution in [0.2, 0.25) is 0 Å². The summed E-state index contributed by atoms with van der Waals surface area (Å²) in [6.07, 6.45) is 13.1. The van der Waals surface area contributed by atoms with Crippen LogP contribution in [0.1, 0.15) is 47.5 Å². The summed E-state index contributed by atoms with van der Waals surface area (Å²) in [5.74, 6) is 2.09. The molecule has 0 aliphatic heterocycles. The minimum absolute atomic E-state index is 0.891. The van der Waals surface area contributed by atoms with Crippen molar-refractivity contribution in [3.05, 3.63) is 192 Å². The normalized spacial score (nSPS) is 11.4. The summed E-state index contributed by atoms with van der Waals surface area (Å²) in [5, 5.41) is 0. The number of aryl methyl sites for hydroxylation is 2. The van der Waals surface area contributed by atoms with Crippen LogP contribution < -0.4 is 18.9 Å². The summed E-state index contributed by atoms with van der Waals surface area (Å²) in [4.78, 5) is 5.02. The molecular weight excluding hydrogens is 697 g/mol. The Kier molecular flexibility index (Phi) is 15.0. The predicted octanol–water partition coefficient (Wildman–Crippen LogP) is 10.7. The van der Waals surface area contributed by atoms with Crippen LogP contribution in [0.5, 0.6) is 0 Å². The van der Waals surface area contributed by atoms with Crippen LogP contribution in [0.3, 0.4) is 0 Å². The first-order chi connectivity index (χ1) is 26.7. The fraction of sp³-hybridized carbons (Fsp3) is 0.208. The van der Waals surface area contributed by atoms with E-state index in [1.807, 2.05) is 21.6 Å². The Labute approximate surface area is 330 Å². The topological polar surface area (TPSA) is 14.2 Å². The Morgan fingerprint density at radius 1 is 0.444 bits per heavy atom. The first-order valence-corrected chi connectivity index (χ1v) is 21.5. The van der Waals surface area contributed by atoms with Gasteiger partial charge in [-0.05, 0) is 84.7 Å². The largest absolute Gasteiger partial charge is 0.366 e. The van der Waals surface area contributed by atoms with Gasteiger partial charge in [0.25, 0.3) is 0 Å². The maximum absolute atomic E-state index is 2.51. The van der Waals surface area contributed by atoms with Crippen LogP contribution in [-0.2, 0) is 26.2 Å². The number of pyridine rings is 2. The zero-order valence-electron chi connectivity index (χ0n) is 31.6. The summed E-state index contributed by atoms with van der Waals surface area (Å²) in [7, 11) is 3.95. The van der Waals surface area contributed by atoms with E-state index in [9.17, 15) is 0 Å². The molecule has 0 saturated carbocycles. The molecule has 2 aromatic heterocycles. The highest BCUT2D eigenvalue weighted by Gasteiger charge is 2.11. The number of hydrogen-bond donors (Lipinski definition) is 0. The van der Waals surface area contributed by atoms with Gasteiger partial charge in [-0.2, -0.15) is 9.13 Å². The maximum Gasteiger partial charge on any atom is 0.205 e. The molecule has 4 aromatic carbocycles. The van der Waals surface area contributed by atoms with E-state index in [4.69, 9.17) is 0 Å². The van der Waals surface area contributed by atoms with Crippen LogP contribution in [-0.4, -0.2) is 24.6 Å². The lowest BCUT2D eigenvalue weighted by atomic mass is 10.1. The number of hydrogen-bond acceptors (Lipinski definition) is 4. The first kappa shape index (κ1) is 38.7. The van der Waals surface area contributed by atoms with Gasteiger partial charge in [-0.3, -0.25) is 0 Å². The Bertz CT molecular complexity index is 1900. The zero-order chi connectivity index (χ0) is 37.2. The van der Waals surface area contributed by atoms with Crippen molar-refractivity contribution in [3.63, 3.8) is 0 Å². The van der Waals surface area contributed by atoms with Crippen molar-refractivity contribution in [2.45, 2.75) is 40.0 Å². The van der Waals surface area contributed by atoms with Crippen molar-refractivity contribution in [2.75, 3.05) is 34.4 Å². The maximum atomic E-state index is 2.51. The summed E-state index contributed by atoms with van der Waals surface area (Å²) in [6, 6.07) is 52.3. The summed E-state index contributed by atoms with van der Waals surface area (Å²) in [5.41, 5.74) is 10.0. The van der Waals surface area contributed by atoms with E-state index in [2.05, 4.69) is 215 Å². The molecule has 0 spiro atoms. The van der Waals surface area contributed by atoms with Gasteiger partial charge in [-0.15, -0.1) is 0 Å². The summed E-state index contributed by atoms with van der Waals surface area (Å²) in [6.45, 7) is 10.0. The van der Waals surface area contributed by atoms with Crippen molar-refractivity contribution in [2.24, 2.45) is 0 Å². The molecule has 4 nitrogen and oxygen atoms in total. The predicted molar refractivity (Wildman–Crippen MR) is 235 cm³/mol. The Morgan fingerprint density at radius 3 is 1.22 bits per heavy atom. The van der Waals surface area contributed by atoms with E-state index in [0.29, 0.717) is 0 Å². The van der Waals surface area contributed by atoms with Crippen LogP contribution in [0.25, 0.3) is 24.3 Å². The minimum atomic E-state index is 0.891. The second-order valence-corrected chi connectivity index (χ2v) is 15.8. The Morgan fingerprint density at radius 2 is 0.833 bits per heavy atom. The van der Waals surface area contributed by atoms with Crippen LogP contribution in [0.15, 0.2) is 158 Å². The molecule has 274 valence electrons. The first-order valence-electron chi connectivity index (χ1n) is 19.0. The zero-order valence-corrected chi connectivity index (χ0v) is 33.2.